The first-order chi connectivity index (χ1) is 6.00. The van der Waals surface area contributed by atoms with E-state index in [4.69, 9.17) is 55.9 Å². The first-order valence-corrected chi connectivity index (χ1v) is 5.69. The van der Waals surface area contributed by atoms with Crippen molar-refractivity contribution in [2.24, 2.45) is 0 Å². The summed E-state index contributed by atoms with van der Waals surface area (Å²) in [5, 5.41) is 0. The molecule has 17 heavy (non-hydrogen) atoms. The van der Waals surface area contributed by atoms with Gasteiger partial charge in [-0.1, -0.05) is 0 Å². The molecule has 0 aromatic heterocycles. The number of halogens is 3. The molecule has 0 aliphatic carbocycles. The van der Waals surface area contributed by atoms with Crippen molar-refractivity contribution in [3.63, 3.8) is 0 Å². The van der Waals surface area contributed by atoms with Gasteiger partial charge in [0.05, 0.1) is 44.7 Å². The van der Waals surface area contributed by atoms with Crippen LogP contribution < -0.4 is 48.1 Å². The molecule has 0 radical (unpaired) electrons. The van der Waals surface area contributed by atoms with Crippen LogP contribution in [0.2, 0.25) is 0 Å². The predicted molar refractivity (Wildman–Crippen MR) is 21.6 cm³/mol. The van der Waals surface area contributed by atoms with Crippen molar-refractivity contribution in [1.82, 2.24) is 6.15 Å². The van der Waals surface area contributed by atoms with Crippen LogP contribution in [0.4, 0.5) is 0 Å². The van der Waals surface area contributed by atoms with Gasteiger partial charge in [-0.2, -0.15) is 41.9 Å². The minimum atomic E-state index is -4.69. The highest BCUT2D eigenvalue weighted by Gasteiger charge is 1.99. The Balaban J connectivity index is -0.0000000400. The maximum Gasteiger partial charge on any atom is 0.187 e. The molecule has 0 bridgehead atoms. The molecule has 0 aliphatic heterocycles. The summed E-state index contributed by atoms with van der Waals surface area (Å²) in [6.45, 7) is 0. The van der Waals surface area contributed by atoms with Crippen molar-refractivity contribution in [3.8, 4) is 0 Å². The Bertz CT molecular complexity index is 96.8. The molecular formula is H9AlCl3NO12. The second kappa shape index (κ2) is 11.9. The minimum Gasteiger partial charge on any atom is -0.344 e. The number of rotatable bonds is 0. The second-order valence-electron chi connectivity index (χ2n) is 1.19. The first kappa shape index (κ1) is 30.7. The Labute approximate surface area is 110 Å². The fourth-order valence-corrected chi connectivity index (χ4v) is 0. The van der Waals surface area contributed by atoms with E-state index >= 15 is 0 Å². The smallest absolute Gasteiger partial charge is 0.187 e. The zero-order chi connectivity index (χ0) is 13.5. The molecule has 0 rings (SSSR count). The van der Waals surface area contributed by atoms with Crippen molar-refractivity contribution in [1.29, 1.82) is 0 Å². The molecule has 0 atom stereocenters. The Morgan fingerprint density at radius 2 is 0.471 bits per heavy atom. The van der Waals surface area contributed by atoms with E-state index in [1.807, 2.05) is 0 Å². The zero-order valence-electron chi connectivity index (χ0n) is 6.86. The van der Waals surface area contributed by atoms with Crippen LogP contribution >= 0.6 is 0 Å². The molecule has 13 nitrogen and oxygen atoms in total. The molecular weight excluding hydrogens is 339 g/mol. The van der Waals surface area contributed by atoms with Crippen molar-refractivity contribution in [2.75, 3.05) is 0 Å². The summed E-state index contributed by atoms with van der Waals surface area (Å²) in [7, 11) is -14.1. The van der Waals surface area contributed by atoms with E-state index in [1.54, 1.807) is 0 Å². The summed E-state index contributed by atoms with van der Waals surface area (Å²) in [5.74, 6) is 0. The van der Waals surface area contributed by atoms with Gasteiger partial charge in [0.15, 0.2) is 17.4 Å². The average Bonchev–Trinajstić information content (AvgIpc) is 1.41. The molecule has 17 heteroatoms. The summed E-state index contributed by atoms with van der Waals surface area (Å²) in [5.41, 5.74) is 0. The van der Waals surface area contributed by atoms with E-state index < -0.39 is 30.7 Å². The summed E-state index contributed by atoms with van der Waals surface area (Å²) in [6.07, 6.45) is 0. The quantitative estimate of drug-likeness (QED) is 0.295. The second-order valence-corrected chi connectivity index (χ2v) is 3.56. The third-order valence-electron chi connectivity index (χ3n) is 0. The van der Waals surface area contributed by atoms with E-state index in [2.05, 4.69) is 0 Å². The summed E-state index contributed by atoms with van der Waals surface area (Å²) < 4.78 is 98.2. The van der Waals surface area contributed by atoms with Crippen LogP contribution in [0.15, 0.2) is 0 Å². The lowest BCUT2D eigenvalue weighted by Crippen LogP contribution is -2.58. The molecule has 0 saturated heterocycles. The van der Waals surface area contributed by atoms with Gasteiger partial charge in [0.1, 0.15) is 0 Å². The van der Waals surface area contributed by atoms with Crippen molar-refractivity contribution in [2.45, 2.75) is 0 Å². The monoisotopic (exact) mass is 347 g/mol. The minimum absolute atomic E-state index is 0. The molecule has 110 valence electrons. The van der Waals surface area contributed by atoms with Crippen molar-refractivity contribution in [3.05, 3.63) is 0 Å². The topological polar surface area (TPSA) is 303 Å². The van der Waals surface area contributed by atoms with Gasteiger partial charge in [-0.25, -0.2) is 0 Å². The Hall–Kier alpha value is 0.882. The van der Waals surface area contributed by atoms with Gasteiger partial charge >= 0.3 is 0 Å². The van der Waals surface area contributed by atoms with Crippen LogP contribution in [0, 0.1) is 30.7 Å². The fourth-order valence-electron chi connectivity index (χ4n) is 0. The van der Waals surface area contributed by atoms with Crippen molar-refractivity contribution < 1.29 is 86.6 Å². The Morgan fingerprint density at radius 3 is 0.471 bits per heavy atom. The third-order valence-corrected chi connectivity index (χ3v) is 0. The van der Waals surface area contributed by atoms with Gasteiger partial charge in [-0.3, -0.25) is 0 Å². The van der Waals surface area contributed by atoms with E-state index in [0.29, 0.717) is 0 Å². The van der Waals surface area contributed by atoms with Crippen LogP contribution in [0.5, 0.6) is 0 Å². The zero-order valence-corrected chi connectivity index (χ0v) is 9.12. The van der Waals surface area contributed by atoms with Crippen LogP contribution in [0.1, 0.15) is 0 Å². The molecule has 0 spiro atoms. The summed E-state index contributed by atoms with van der Waals surface area (Å²) in [6, 6.07) is 0. The van der Waals surface area contributed by atoms with Crippen LogP contribution in [-0.2, 0) is 0 Å². The van der Waals surface area contributed by atoms with Crippen LogP contribution in [-0.4, -0.2) is 31.3 Å². The molecule has 0 aromatic rings. The van der Waals surface area contributed by atoms with Gasteiger partial charge in [0, 0.05) is 0 Å². The predicted octanol–water partition coefficient (Wildman–Crippen LogP) is -13.4. The molecule has 0 aromatic carbocycles. The van der Waals surface area contributed by atoms with Gasteiger partial charge < -0.3 is 6.15 Å². The maximum atomic E-state index is 8.60. The Morgan fingerprint density at radius 1 is 0.471 bits per heavy atom. The standard InChI is InChI=1S/Al.3ClHO4.H3N.3H/c;3*2-1(3,4)5;;;;/h;3*(H,2,3,4,5);1H3;;;. The SMILES string of the molecule is N.[AlH3].[O-][Cl+3]([O-])([O-])O.[O-][Cl+3]([O-])([O-])O.[O-][Cl+3]([O-])([O-])O. The van der Waals surface area contributed by atoms with E-state index in [0.717, 1.165) is 0 Å². The maximum absolute atomic E-state index is 8.60. The van der Waals surface area contributed by atoms with Gasteiger partial charge in [0.2, 0.25) is 0 Å². The van der Waals surface area contributed by atoms with E-state index in [9.17, 15) is 0 Å². The molecule has 0 saturated carbocycles. The lowest BCUT2D eigenvalue weighted by molar-refractivity contribution is -1.92. The van der Waals surface area contributed by atoms with Crippen LogP contribution in [0.25, 0.3) is 0 Å². The average molecular weight is 348 g/mol. The van der Waals surface area contributed by atoms with Gasteiger partial charge in [-0.05, 0) is 0 Å². The normalized spacial score (nSPS) is 10.6. The highest BCUT2D eigenvalue weighted by Crippen LogP contribution is 1.61. The first-order valence-electron chi connectivity index (χ1n) is 1.90. The largest absolute Gasteiger partial charge is 0.344 e. The highest BCUT2D eigenvalue weighted by atomic mass is 35.7. The van der Waals surface area contributed by atoms with Crippen molar-refractivity contribution >= 4 is 17.4 Å². The summed E-state index contributed by atoms with van der Waals surface area (Å²) in [4.78, 5) is 0. The number of hydrogen-bond acceptors (Lipinski definition) is 13. The Kier molecular flexibility index (Phi) is 21.6. The lowest BCUT2D eigenvalue weighted by atomic mass is 14.0. The number of hydrogen-bond donors (Lipinski definition) is 4. The van der Waals surface area contributed by atoms with E-state index in [1.165, 1.54) is 0 Å². The third kappa shape index (κ3) is 4800. The molecule has 6 N–H and O–H groups in total. The lowest BCUT2D eigenvalue weighted by Gasteiger charge is -2.03. The molecule has 0 amide bonds. The van der Waals surface area contributed by atoms with E-state index in [-0.39, 0.29) is 23.5 Å². The fraction of sp³-hybridized carbons (Fsp3) is 0. The molecule has 0 unspecified atom stereocenters. The van der Waals surface area contributed by atoms with Crippen LogP contribution in [0.3, 0.4) is 0 Å². The van der Waals surface area contributed by atoms with Gasteiger partial charge in [0.25, 0.3) is 0 Å². The molecule has 0 fully saturated rings. The summed E-state index contributed by atoms with van der Waals surface area (Å²) >= 11 is 0. The molecule has 0 aliphatic rings. The van der Waals surface area contributed by atoms with Gasteiger partial charge in [-0.15, -0.1) is 0 Å². The highest BCUT2D eigenvalue weighted by molar-refractivity contribution is 5.75. The molecule has 0 heterocycles.